The maximum Gasteiger partial charge on any atom is 0.417 e. The molecule has 0 aromatic heterocycles. The van der Waals surface area contributed by atoms with Crippen molar-refractivity contribution in [3.05, 3.63) is 35.4 Å². The first-order chi connectivity index (χ1) is 14.4. The highest BCUT2D eigenvalue weighted by molar-refractivity contribution is 5.84. The average molecular weight is 427 g/mol. The molecule has 0 bridgehead atoms. The molecule has 0 saturated carbocycles. The van der Waals surface area contributed by atoms with Gasteiger partial charge < -0.3 is 0 Å². The molecule has 0 heterocycles. The number of benzene rings is 1. The minimum Gasteiger partial charge on any atom is -0.273 e. The van der Waals surface area contributed by atoms with E-state index in [0.717, 1.165) is 31.5 Å². The molecule has 1 aromatic rings. The molecule has 0 radical (unpaired) electrons. The Labute approximate surface area is 179 Å². The molecule has 0 saturated heterocycles. The maximum atomic E-state index is 12.9. The average Bonchev–Trinajstić information content (AvgIpc) is 2.71. The fourth-order valence-corrected chi connectivity index (χ4v) is 3.40. The van der Waals surface area contributed by atoms with Crippen LogP contribution in [0, 0.1) is 0 Å². The van der Waals surface area contributed by atoms with Gasteiger partial charge in [0.2, 0.25) is 5.91 Å². The number of nitrogens with zero attached hydrogens (tertiary/aromatic N) is 1. The van der Waals surface area contributed by atoms with E-state index in [-0.39, 0.29) is 11.5 Å². The van der Waals surface area contributed by atoms with E-state index in [1.165, 1.54) is 82.4 Å². The summed E-state index contributed by atoms with van der Waals surface area (Å²) in [6.45, 7) is 2.24. The summed E-state index contributed by atoms with van der Waals surface area (Å²) in [5, 5.41) is 3.67. The predicted octanol–water partition coefficient (Wildman–Crippen LogP) is 7.64. The fourth-order valence-electron chi connectivity index (χ4n) is 3.40. The zero-order valence-electron chi connectivity index (χ0n) is 18.3. The van der Waals surface area contributed by atoms with Crippen LogP contribution in [0.2, 0.25) is 0 Å². The Morgan fingerprint density at radius 2 is 1.37 bits per heavy atom. The third-order valence-electron chi connectivity index (χ3n) is 5.17. The lowest BCUT2D eigenvalue weighted by Crippen LogP contribution is -2.17. The number of alkyl halides is 3. The Morgan fingerprint density at radius 3 is 1.90 bits per heavy atom. The van der Waals surface area contributed by atoms with Crippen LogP contribution < -0.4 is 5.43 Å². The van der Waals surface area contributed by atoms with Crippen LogP contribution in [-0.2, 0) is 11.0 Å². The van der Waals surface area contributed by atoms with Crippen LogP contribution in [0.3, 0.4) is 0 Å². The van der Waals surface area contributed by atoms with Gasteiger partial charge in [0.25, 0.3) is 0 Å². The first kappa shape index (κ1) is 26.2. The highest BCUT2D eigenvalue weighted by Crippen LogP contribution is 2.31. The van der Waals surface area contributed by atoms with E-state index in [1.807, 2.05) is 0 Å². The molecule has 170 valence electrons. The number of carbonyl (C=O) groups is 1. The van der Waals surface area contributed by atoms with E-state index < -0.39 is 11.7 Å². The fraction of sp³-hybridized carbons (Fsp3) is 0.667. The highest BCUT2D eigenvalue weighted by atomic mass is 19.4. The van der Waals surface area contributed by atoms with E-state index in [2.05, 4.69) is 17.5 Å². The van der Waals surface area contributed by atoms with E-state index in [1.54, 1.807) is 0 Å². The predicted molar refractivity (Wildman–Crippen MR) is 117 cm³/mol. The SMILES string of the molecule is CCCCCCCCCCCCCCCC(=O)N/N=C\c1ccccc1C(F)(F)F. The molecule has 0 aliphatic rings. The molecule has 0 atom stereocenters. The van der Waals surface area contributed by atoms with Gasteiger partial charge in [-0.1, -0.05) is 102 Å². The van der Waals surface area contributed by atoms with Crippen molar-refractivity contribution in [1.82, 2.24) is 5.43 Å². The monoisotopic (exact) mass is 426 g/mol. The standard InChI is InChI=1S/C24H37F3N2O/c1-2-3-4-5-6-7-8-9-10-11-12-13-14-19-23(30)29-28-20-21-17-15-16-18-22(21)24(25,26)27/h15-18,20H,2-14,19H2,1H3,(H,29,30)/b28-20-. The van der Waals surface area contributed by atoms with Crippen LogP contribution >= 0.6 is 0 Å². The van der Waals surface area contributed by atoms with Crippen molar-refractivity contribution in [2.45, 2.75) is 103 Å². The number of halogens is 3. The number of hydrazone groups is 1. The molecule has 30 heavy (non-hydrogen) atoms. The molecule has 1 amide bonds. The first-order valence-corrected chi connectivity index (χ1v) is 11.4. The summed E-state index contributed by atoms with van der Waals surface area (Å²) in [4.78, 5) is 11.8. The second-order valence-electron chi connectivity index (χ2n) is 7.87. The van der Waals surface area contributed by atoms with Crippen molar-refractivity contribution >= 4 is 12.1 Å². The molecule has 1 aromatic carbocycles. The van der Waals surface area contributed by atoms with Gasteiger partial charge >= 0.3 is 6.18 Å². The molecule has 6 heteroatoms. The number of carbonyl (C=O) groups excluding carboxylic acids is 1. The van der Waals surface area contributed by atoms with Crippen LogP contribution in [0.1, 0.15) is 108 Å². The summed E-state index contributed by atoms with van der Waals surface area (Å²) < 4.78 is 38.7. The zero-order chi connectivity index (χ0) is 22.1. The molecular weight excluding hydrogens is 389 g/mol. The van der Waals surface area contributed by atoms with E-state index in [9.17, 15) is 18.0 Å². The van der Waals surface area contributed by atoms with Crippen molar-refractivity contribution in [2.24, 2.45) is 5.10 Å². The number of nitrogens with one attached hydrogen (secondary N) is 1. The smallest absolute Gasteiger partial charge is 0.273 e. The Bertz CT molecular complexity index is 615. The summed E-state index contributed by atoms with van der Waals surface area (Å²) in [6, 6.07) is 5.15. The minimum atomic E-state index is -4.44. The van der Waals surface area contributed by atoms with Crippen molar-refractivity contribution in [2.75, 3.05) is 0 Å². The third-order valence-corrected chi connectivity index (χ3v) is 5.17. The van der Waals surface area contributed by atoms with Crippen LogP contribution in [-0.4, -0.2) is 12.1 Å². The summed E-state index contributed by atoms with van der Waals surface area (Å²) in [7, 11) is 0. The number of amides is 1. The topological polar surface area (TPSA) is 41.5 Å². The van der Waals surface area contributed by atoms with E-state index >= 15 is 0 Å². The molecule has 3 nitrogen and oxygen atoms in total. The van der Waals surface area contributed by atoms with Gasteiger partial charge in [0.15, 0.2) is 0 Å². The zero-order valence-corrected chi connectivity index (χ0v) is 18.3. The van der Waals surface area contributed by atoms with Crippen LogP contribution in [0.5, 0.6) is 0 Å². The molecular formula is C24H37F3N2O. The van der Waals surface area contributed by atoms with Crippen LogP contribution in [0.15, 0.2) is 29.4 Å². The van der Waals surface area contributed by atoms with Crippen molar-refractivity contribution in [1.29, 1.82) is 0 Å². The van der Waals surface area contributed by atoms with E-state index in [4.69, 9.17) is 0 Å². The molecule has 0 aliphatic heterocycles. The number of hydrogen-bond donors (Lipinski definition) is 1. The largest absolute Gasteiger partial charge is 0.417 e. The minimum absolute atomic E-state index is 0.0636. The van der Waals surface area contributed by atoms with Gasteiger partial charge in [-0.2, -0.15) is 18.3 Å². The second-order valence-corrected chi connectivity index (χ2v) is 7.87. The number of rotatable bonds is 16. The van der Waals surface area contributed by atoms with Crippen LogP contribution in [0.25, 0.3) is 0 Å². The highest BCUT2D eigenvalue weighted by Gasteiger charge is 2.32. The molecule has 0 fully saturated rings. The van der Waals surface area contributed by atoms with Gasteiger partial charge in [-0.25, -0.2) is 5.43 Å². The van der Waals surface area contributed by atoms with Crippen molar-refractivity contribution < 1.29 is 18.0 Å². The summed E-state index contributed by atoms with van der Waals surface area (Å²) in [5.74, 6) is -0.265. The molecule has 0 aliphatic carbocycles. The normalized spacial score (nSPS) is 11.9. The summed E-state index contributed by atoms with van der Waals surface area (Å²) >= 11 is 0. The lowest BCUT2D eigenvalue weighted by atomic mass is 10.0. The Hall–Kier alpha value is -1.85. The Balaban J connectivity index is 2.04. The van der Waals surface area contributed by atoms with Gasteiger partial charge in [0.05, 0.1) is 11.8 Å². The number of hydrogen-bond acceptors (Lipinski definition) is 2. The Morgan fingerprint density at radius 1 is 0.867 bits per heavy atom. The summed E-state index contributed by atoms with van der Waals surface area (Å²) in [5.41, 5.74) is 1.49. The van der Waals surface area contributed by atoms with Gasteiger partial charge in [0, 0.05) is 12.0 Å². The quantitative estimate of drug-likeness (QED) is 0.165. The van der Waals surface area contributed by atoms with Crippen LogP contribution in [0.4, 0.5) is 13.2 Å². The van der Waals surface area contributed by atoms with Gasteiger partial charge in [-0.3, -0.25) is 4.79 Å². The van der Waals surface area contributed by atoms with Gasteiger partial charge in [-0.05, 0) is 12.5 Å². The van der Waals surface area contributed by atoms with Gasteiger partial charge in [0.1, 0.15) is 0 Å². The molecule has 1 rings (SSSR count). The van der Waals surface area contributed by atoms with E-state index in [0.29, 0.717) is 6.42 Å². The summed E-state index contributed by atoms with van der Waals surface area (Å²) in [6.07, 6.45) is 13.0. The number of unbranched alkanes of at least 4 members (excludes halogenated alkanes) is 12. The van der Waals surface area contributed by atoms with Crippen molar-refractivity contribution in [3.8, 4) is 0 Å². The first-order valence-electron chi connectivity index (χ1n) is 11.4. The molecule has 0 spiro atoms. The molecule has 0 unspecified atom stereocenters. The maximum absolute atomic E-state index is 12.9. The van der Waals surface area contributed by atoms with Gasteiger partial charge in [-0.15, -0.1) is 0 Å². The van der Waals surface area contributed by atoms with Crippen molar-refractivity contribution in [3.63, 3.8) is 0 Å². The third kappa shape index (κ3) is 12.7. The lowest BCUT2D eigenvalue weighted by molar-refractivity contribution is -0.137. The molecule has 1 N–H and O–H groups in total. The lowest BCUT2D eigenvalue weighted by Gasteiger charge is -2.09. The Kier molecular flexibility index (Phi) is 13.9. The second kappa shape index (κ2) is 15.9.